The first kappa shape index (κ1) is 13.7. The molecule has 0 bridgehead atoms. The average Bonchev–Trinajstić information content (AvgIpc) is 2.85. The second-order valence-electron chi connectivity index (χ2n) is 4.05. The van der Waals surface area contributed by atoms with E-state index in [4.69, 9.17) is 16.0 Å². The normalized spacial score (nSPS) is 11.8. The zero-order chi connectivity index (χ0) is 15.0. The minimum Gasteiger partial charge on any atom is -0.460 e. The van der Waals surface area contributed by atoms with Gasteiger partial charge in [-0.2, -0.15) is 0 Å². The van der Waals surface area contributed by atoms with Crippen molar-refractivity contribution in [3.8, 4) is 17.0 Å². The van der Waals surface area contributed by atoms with E-state index in [1.807, 2.05) is 0 Å². The van der Waals surface area contributed by atoms with Gasteiger partial charge in [-0.05, 0) is 35.9 Å². The van der Waals surface area contributed by atoms with Gasteiger partial charge in [-0.25, -0.2) is 9.97 Å². The fourth-order valence-corrected chi connectivity index (χ4v) is 2.02. The van der Waals surface area contributed by atoms with Gasteiger partial charge in [0, 0.05) is 11.6 Å². The molecular formula is C13H6ClF3N2O2. The Kier molecular flexibility index (Phi) is 3.21. The highest BCUT2D eigenvalue weighted by atomic mass is 35.5. The summed E-state index contributed by atoms with van der Waals surface area (Å²) in [7, 11) is 0. The van der Waals surface area contributed by atoms with E-state index < -0.39 is 6.36 Å². The van der Waals surface area contributed by atoms with Crippen molar-refractivity contribution in [3.63, 3.8) is 0 Å². The molecule has 0 saturated carbocycles. The summed E-state index contributed by atoms with van der Waals surface area (Å²) in [6, 6.07) is 6.86. The van der Waals surface area contributed by atoms with Gasteiger partial charge in [0.2, 0.25) is 5.28 Å². The van der Waals surface area contributed by atoms with Crippen molar-refractivity contribution in [3.05, 3.63) is 41.9 Å². The minimum absolute atomic E-state index is 0.0227. The van der Waals surface area contributed by atoms with Gasteiger partial charge in [0.15, 0.2) is 5.58 Å². The monoisotopic (exact) mass is 314 g/mol. The summed E-state index contributed by atoms with van der Waals surface area (Å²) in [5, 5.41) is 0.0227. The van der Waals surface area contributed by atoms with Crippen LogP contribution in [0.2, 0.25) is 5.28 Å². The van der Waals surface area contributed by atoms with Gasteiger partial charge < -0.3 is 9.15 Å². The van der Waals surface area contributed by atoms with Crippen LogP contribution in [0, 0.1) is 0 Å². The largest absolute Gasteiger partial charge is 0.573 e. The zero-order valence-corrected chi connectivity index (χ0v) is 10.9. The second kappa shape index (κ2) is 4.92. The highest BCUT2D eigenvalue weighted by Crippen LogP contribution is 2.30. The molecule has 21 heavy (non-hydrogen) atoms. The molecule has 0 radical (unpaired) electrons. The molecule has 1 aromatic carbocycles. The molecule has 0 unspecified atom stereocenters. The zero-order valence-electron chi connectivity index (χ0n) is 10.2. The number of hydrogen-bond acceptors (Lipinski definition) is 4. The highest BCUT2D eigenvalue weighted by molar-refractivity contribution is 6.28. The van der Waals surface area contributed by atoms with E-state index in [1.165, 1.54) is 30.5 Å². The molecule has 0 spiro atoms. The molecule has 0 aliphatic carbocycles. The molecule has 0 aliphatic heterocycles. The second-order valence-corrected chi connectivity index (χ2v) is 4.39. The van der Waals surface area contributed by atoms with Gasteiger partial charge in [-0.1, -0.05) is 0 Å². The quantitative estimate of drug-likeness (QED) is 0.656. The Balaban J connectivity index is 2.01. The first-order chi connectivity index (χ1) is 9.92. The van der Waals surface area contributed by atoms with Crippen molar-refractivity contribution >= 4 is 22.7 Å². The number of benzene rings is 1. The van der Waals surface area contributed by atoms with Crippen LogP contribution in [0.1, 0.15) is 0 Å². The maximum atomic E-state index is 12.1. The Morgan fingerprint density at radius 2 is 1.76 bits per heavy atom. The molecule has 108 valence electrons. The number of ether oxygens (including phenoxy) is 1. The molecule has 0 atom stereocenters. The van der Waals surface area contributed by atoms with Crippen LogP contribution in [-0.2, 0) is 0 Å². The number of fused-ring (bicyclic) bond motifs is 1. The lowest BCUT2D eigenvalue weighted by Crippen LogP contribution is -2.16. The molecular weight excluding hydrogens is 309 g/mol. The van der Waals surface area contributed by atoms with Crippen LogP contribution >= 0.6 is 11.6 Å². The Hall–Kier alpha value is -2.28. The first-order valence-electron chi connectivity index (χ1n) is 5.69. The molecule has 2 aromatic heterocycles. The molecule has 8 heteroatoms. The summed E-state index contributed by atoms with van der Waals surface area (Å²) in [4.78, 5) is 8.02. The van der Waals surface area contributed by atoms with E-state index in [2.05, 4.69) is 14.7 Å². The van der Waals surface area contributed by atoms with Crippen molar-refractivity contribution < 1.29 is 22.3 Å². The lowest BCUT2D eigenvalue weighted by Gasteiger charge is -2.09. The molecule has 0 N–H and O–H groups in total. The SMILES string of the molecule is FC(F)(F)Oc1ccc(-c2nc(Cl)nc3ccoc23)cc1. The number of rotatable bonds is 2. The van der Waals surface area contributed by atoms with Gasteiger partial charge in [0.25, 0.3) is 0 Å². The Labute approximate surface area is 121 Å². The average molecular weight is 315 g/mol. The fraction of sp³-hybridized carbons (Fsp3) is 0.0769. The predicted octanol–water partition coefficient (Wildman–Crippen LogP) is 4.44. The van der Waals surface area contributed by atoms with Gasteiger partial charge in [0.05, 0.1) is 6.26 Å². The number of alkyl halides is 3. The van der Waals surface area contributed by atoms with Gasteiger partial charge >= 0.3 is 6.36 Å². The lowest BCUT2D eigenvalue weighted by molar-refractivity contribution is -0.274. The van der Waals surface area contributed by atoms with Crippen molar-refractivity contribution in [1.29, 1.82) is 0 Å². The Morgan fingerprint density at radius 1 is 1.05 bits per heavy atom. The summed E-state index contributed by atoms with van der Waals surface area (Å²) in [5.41, 5.74) is 1.85. The van der Waals surface area contributed by atoms with Crippen molar-refractivity contribution in [2.75, 3.05) is 0 Å². The third kappa shape index (κ3) is 2.92. The number of furan rings is 1. The summed E-state index contributed by atoms with van der Waals surface area (Å²) in [5.74, 6) is -0.318. The van der Waals surface area contributed by atoms with Crippen LogP contribution in [0.15, 0.2) is 41.0 Å². The van der Waals surface area contributed by atoms with Crippen molar-refractivity contribution in [2.24, 2.45) is 0 Å². The summed E-state index contributed by atoms with van der Waals surface area (Å²) in [6.07, 6.45) is -3.30. The maximum Gasteiger partial charge on any atom is 0.573 e. The lowest BCUT2D eigenvalue weighted by atomic mass is 10.1. The van der Waals surface area contributed by atoms with Crippen LogP contribution in [0.3, 0.4) is 0 Å². The Bertz CT molecular complexity index is 784. The third-order valence-electron chi connectivity index (χ3n) is 2.64. The van der Waals surface area contributed by atoms with E-state index in [-0.39, 0.29) is 11.0 Å². The van der Waals surface area contributed by atoms with Gasteiger partial charge in [-0.15, -0.1) is 13.2 Å². The molecule has 4 nitrogen and oxygen atoms in total. The van der Waals surface area contributed by atoms with E-state index in [1.54, 1.807) is 6.07 Å². The molecule has 0 saturated heterocycles. The number of aromatic nitrogens is 2. The smallest absolute Gasteiger partial charge is 0.460 e. The molecule has 0 fully saturated rings. The molecule has 3 aromatic rings. The maximum absolute atomic E-state index is 12.1. The van der Waals surface area contributed by atoms with Crippen molar-refractivity contribution in [2.45, 2.75) is 6.36 Å². The fourth-order valence-electron chi connectivity index (χ4n) is 1.85. The van der Waals surface area contributed by atoms with Crippen LogP contribution in [0.4, 0.5) is 13.2 Å². The summed E-state index contributed by atoms with van der Waals surface area (Å²) < 4.78 is 45.4. The molecule has 2 heterocycles. The third-order valence-corrected chi connectivity index (χ3v) is 2.81. The Morgan fingerprint density at radius 3 is 2.43 bits per heavy atom. The first-order valence-corrected chi connectivity index (χ1v) is 6.07. The van der Waals surface area contributed by atoms with Gasteiger partial charge in [-0.3, -0.25) is 0 Å². The van der Waals surface area contributed by atoms with Crippen molar-refractivity contribution in [1.82, 2.24) is 9.97 Å². The van der Waals surface area contributed by atoms with Crippen LogP contribution in [-0.4, -0.2) is 16.3 Å². The predicted molar refractivity (Wildman–Crippen MR) is 68.9 cm³/mol. The van der Waals surface area contributed by atoms with E-state index in [9.17, 15) is 13.2 Å². The number of hydrogen-bond donors (Lipinski definition) is 0. The van der Waals surface area contributed by atoms with E-state index >= 15 is 0 Å². The number of nitrogens with zero attached hydrogens (tertiary/aromatic N) is 2. The van der Waals surface area contributed by atoms with Crippen LogP contribution in [0.5, 0.6) is 5.75 Å². The summed E-state index contributed by atoms with van der Waals surface area (Å²) in [6.45, 7) is 0. The minimum atomic E-state index is -4.73. The van der Waals surface area contributed by atoms with Gasteiger partial charge in [0.1, 0.15) is 17.0 Å². The molecule has 0 amide bonds. The van der Waals surface area contributed by atoms with E-state index in [0.29, 0.717) is 22.4 Å². The highest BCUT2D eigenvalue weighted by Gasteiger charge is 2.31. The molecule has 3 rings (SSSR count). The number of halogens is 4. The summed E-state index contributed by atoms with van der Waals surface area (Å²) >= 11 is 5.81. The van der Waals surface area contributed by atoms with E-state index in [0.717, 1.165) is 0 Å². The standard InChI is InChI=1S/C13H6ClF3N2O2/c14-12-18-9-5-6-20-11(9)10(19-12)7-1-3-8(4-2-7)21-13(15,16)17/h1-6H. The molecule has 0 aliphatic rings. The van der Waals surface area contributed by atoms with Crippen LogP contribution in [0.25, 0.3) is 22.4 Å². The topological polar surface area (TPSA) is 48.2 Å². The van der Waals surface area contributed by atoms with Crippen LogP contribution < -0.4 is 4.74 Å².